The fourth-order valence-corrected chi connectivity index (χ4v) is 1.83. The Morgan fingerprint density at radius 2 is 2.39 bits per heavy atom. The molecule has 92 valence electrons. The maximum absolute atomic E-state index is 13.0. The largest absolute Gasteiger partial charge is 0.465 e. The van der Waals surface area contributed by atoms with Crippen molar-refractivity contribution in [2.45, 2.75) is 12.8 Å². The Morgan fingerprint density at radius 3 is 3.06 bits per heavy atom. The molecule has 5 heteroatoms. The van der Waals surface area contributed by atoms with Crippen LogP contribution in [-0.4, -0.2) is 17.6 Å². The average Bonchev–Trinajstić information content (AvgIpc) is 2.73. The number of hydrogen-bond acceptors (Lipinski definition) is 3. The van der Waals surface area contributed by atoms with Gasteiger partial charge in [0.1, 0.15) is 5.82 Å². The van der Waals surface area contributed by atoms with Crippen molar-refractivity contribution in [2.24, 2.45) is 0 Å². The molecule has 0 fully saturated rings. The molecule has 0 aliphatic rings. The van der Waals surface area contributed by atoms with Gasteiger partial charge in [0.05, 0.1) is 12.7 Å². The van der Waals surface area contributed by atoms with E-state index in [4.69, 9.17) is 10.00 Å². The number of hydrogen-bond donors (Lipinski definition) is 1. The van der Waals surface area contributed by atoms with E-state index < -0.39 is 11.9 Å². The Morgan fingerprint density at radius 1 is 1.61 bits per heavy atom. The molecule has 2 rings (SSSR count). The van der Waals surface area contributed by atoms with Crippen molar-refractivity contribution in [3.63, 3.8) is 0 Å². The monoisotopic (exact) mass is 246 g/mol. The second kappa shape index (κ2) is 4.88. The molecule has 1 N–H and O–H groups in total. The first-order valence-electron chi connectivity index (χ1n) is 5.50. The van der Waals surface area contributed by atoms with Gasteiger partial charge in [-0.25, -0.2) is 4.39 Å². The molecule has 4 nitrogen and oxygen atoms in total. The molecular weight excluding hydrogens is 235 g/mol. The number of rotatable bonds is 3. The number of esters is 1. The van der Waals surface area contributed by atoms with E-state index in [2.05, 4.69) is 4.98 Å². The number of carbonyl (C=O) groups is 1. The van der Waals surface area contributed by atoms with Crippen LogP contribution in [0.2, 0.25) is 0 Å². The Balaban J connectivity index is 2.47. The second-order valence-electron chi connectivity index (χ2n) is 3.75. The number of aromatic nitrogens is 1. The van der Waals surface area contributed by atoms with Crippen molar-refractivity contribution in [3.8, 4) is 6.07 Å². The van der Waals surface area contributed by atoms with E-state index in [1.807, 2.05) is 6.07 Å². The number of nitriles is 1. The summed E-state index contributed by atoms with van der Waals surface area (Å²) in [4.78, 5) is 14.5. The highest BCUT2D eigenvalue weighted by atomic mass is 19.1. The maximum Gasteiger partial charge on any atom is 0.327 e. The topological polar surface area (TPSA) is 65.9 Å². The summed E-state index contributed by atoms with van der Waals surface area (Å²) in [6.07, 6.45) is 1.54. The number of H-pyrrole nitrogens is 1. The van der Waals surface area contributed by atoms with Crippen LogP contribution in [0.3, 0.4) is 0 Å². The molecule has 0 aliphatic heterocycles. The molecular formula is C13H11FN2O2. The normalized spacial score (nSPS) is 12.1. The Hall–Kier alpha value is -2.35. The number of benzene rings is 1. The lowest BCUT2D eigenvalue weighted by atomic mass is 10.0. The van der Waals surface area contributed by atoms with Gasteiger partial charge >= 0.3 is 5.97 Å². The predicted octanol–water partition coefficient (Wildman–Crippen LogP) is 2.48. The van der Waals surface area contributed by atoms with Gasteiger partial charge in [-0.1, -0.05) is 0 Å². The van der Waals surface area contributed by atoms with Crippen molar-refractivity contribution >= 4 is 16.9 Å². The third-order valence-electron chi connectivity index (χ3n) is 2.64. The first-order valence-corrected chi connectivity index (χ1v) is 5.50. The molecule has 0 bridgehead atoms. The summed E-state index contributed by atoms with van der Waals surface area (Å²) in [5.41, 5.74) is 1.06. The number of fused-ring (bicyclic) bond motifs is 1. The second-order valence-corrected chi connectivity index (χ2v) is 3.75. The van der Waals surface area contributed by atoms with Gasteiger partial charge in [-0.05, 0) is 25.1 Å². The number of halogens is 1. The predicted molar refractivity (Wildman–Crippen MR) is 63.2 cm³/mol. The van der Waals surface area contributed by atoms with E-state index in [1.165, 1.54) is 18.3 Å². The Kier molecular flexibility index (Phi) is 3.28. The van der Waals surface area contributed by atoms with E-state index in [0.29, 0.717) is 16.5 Å². The van der Waals surface area contributed by atoms with Crippen LogP contribution in [0.25, 0.3) is 10.9 Å². The van der Waals surface area contributed by atoms with Crippen molar-refractivity contribution in [3.05, 3.63) is 35.8 Å². The fraction of sp³-hybridized carbons (Fsp3) is 0.231. The van der Waals surface area contributed by atoms with Gasteiger partial charge in [0.2, 0.25) is 0 Å². The molecule has 1 aromatic carbocycles. The lowest BCUT2D eigenvalue weighted by Gasteiger charge is -2.07. The van der Waals surface area contributed by atoms with Crippen LogP contribution in [0.5, 0.6) is 0 Å². The van der Waals surface area contributed by atoms with Gasteiger partial charge in [0, 0.05) is 22.7 Å². The van der Waals surface area contributed by atoms with Crippen molar-refractivity contribution in [1.82, 2.24) is 4.98 Å². The number of ether oxygens (including phenoxy) is 1. The van der Waals surface area contributed by atoms with Crippen LogP contribution >= 0.6 is 0 Å². The van der Waals surface area contributed by atoms with Crippen LogP contribution in [0.1, 0.15) is 18.4 Å². The highest BCUT2D eigenvalue weighted by Crippen LogP contribution is 2.26. The van der Waals surface area contributed by atoms with Gasteiger partial charge in [0.25, 0.3) is 0 Å². The van der Waals surface area contributed by atoms with E-state index in [-0.39, 0.29) is 12.4 Å². The third kappa shape index (κ3) is 2.05. The highest BCUT2D eigenvalue weighted by Gasteiger charge is 2.24. The quantitative estimate of drug-likeness (QED) is 0.846. The molecule has 1 aromatic heterocycles. The summed E-state index contributed by atoms with van der Waals surface area (Å²) in [7, 11) is 0. The molecule has 2 aromatic rings. The van der Waals surface area contributed by atoms with Crippen LogP contribution in [-0.2, 0) is 9.53 Å². The number of carbonyl (C=O) groups excluding carboxylic acids is 1. The summed E-state index contributed by atoms with van der Waals surface area (Å²) in [6, 6.07) is 6.06. The minimum Gasteiger partial charge on any atom is -0.465 e. The maximum atomic E-state index is 13.0. The number of aromatic amines is 1. The summed E-state index contributed by atoms with van der Waals surface area (Å²) >= 11 is 0. The zero-order valence-electron chi connectivity index (χ0n) is 9.74. The summed E-state index contributed by atoms with van der Waals surface area (Å²) in [6.45, 7) is 1.89. The van der Waals surface area contributed by atoms with E-state index in [1.54, 1.807) is 13.0 Å². The fourth-order valence-electron chi connectivity index (χ4n) is 1.83. The molecule has 0 spiro atoms. The lowest BCUT2D eigenvalue weighted by Crippen LogP contribution is -2.14. The minimum absolute atomic E-state index is 0.216. The highest BCUT2D eigenvalue weighted by molar-refractivity contribution is 5.91. The SMILES string of the molecule is CCOC(=O)C(C#N)c1c[nH]c2cc(F)ccc12. The first-order chi connectivity index (χ1) is 8.67. The van der Waals surface area contributed by atoms with Gasteiger partial charge in [-0.15, -0.1) is 0 Å². The van der Waals surface area contributed by atoms with Crippen molar-refractivity contribution in [2.75, 3.05) is 6.61 Å². The van der Waals surface area contributed by atoms with Crippen LogP contribution < -0.4 is 0 Å². The lowest BCUT2D eigenvalue weighted by molar-refractivity contribution is -0.143. The molecule has 1 atom stereocenters. The smallest absolute Gasteiger partial charge is 0.327 e. The molecule has 0 amide bonds. The van der Waals surface area contributed by atoms with Gasteiger partial charge in [-0.2, -0.15) is 5.26 Å². The van der Waals surface area contributed by atoms with Gasteiger partial charge in [0.15, 0.2) is 5.92 Å². The van der Waals surface area contributed by atoms with E-state index >= 15 is 0 Å². The summed E-state index contributed by atoms with van der Waals surface area (Å²) in [5.74, 6) is -1.96. The van der Waals surface area contributed by atoms with E-state index in [9.17, 15) is 9.18 Å². The molecule has 0 radical (unpaired) electrons. The molecule has 0 saturated heterocycles. The van der Waals surface area contributed by atoms with Crippen molar-refractivity contribution < 1.29 is 13.9 Å². The zero-order valence-corrected chi connectivity index (χ0v) is 9.74. The minimum atomic E-state index is -0.996. The van der Waals surface area contributed by atoms with Gasteiger partial charge in [-0.3, -0.25) is 4.79 Å². The standard InChI is InChI=1S/C13H11FN2O2/c1-2-18-13(17)10(6-15)11-7-16-12-5-8(14)3-4-9(11)12/h3-5,7,10,16H,2H2,1H3. The van der Waals surface area contributed by atoms with Crippen LogP contribution in [0, 0.1) is 17.1 Å². The molecule has 1 unspecified atom stereocenters. The average molecular weight is 246 g/mol. The molecule has 18 heavy (non-hydrogen) atoms. The number of nitrogens with one attached hydrogen (secondary N) is 1. The summed E-state index contributed by atoms with van der Waals surface area (Å²) in [5, 5.41) is 9.72. The first kappa shape index (κ1) is 12.1. The summed E-state index contributed by atoms with van der Waals surface area (Å²) < 4.78 is 17.9. The Bertz CT molecular complexity index is 627. The van der Waals surface area contributed by atoms with Crippen LogP contribution in [0.4, 0.5) is 4.39 Å². The molecule has 0 saturated carbocycles. The van der Waals surface area contributed by atoms with Crippen molar-refractivity contribution in [1.29, 1.82) is 5.26 Å². The van der Waals surface area contributed by atoms with Crippen LogP contribution in [0.15, 0.2) is 24.4 Å². The third-order valence-corrected chi connectivity index (χ3v) is 2.64. The van der Waals surface area contributed by atoms with E-state index in [0.717, 1.165) is 0 Å². The number of nitrogens with zero attached hydrogens (tertiary/aromatic N) is 1. The zero-order chi connectivity index (χ0) is 13.1. The Labute approximate surface area is 103 Å². The van der Waals surface area contributed by atoms with Gasteiger partial charge < -0.3 is 9.72 Å². The molecule has 0 aliphatic carbocycles. The molecule has 1 heterocycles.